The topological polar surface area (TPSA) is 63.7 Å². The maximum absolute atomic E-state index is 12.4. The number of anilines is 1. The molecule has 1 saturated heterocycles. The Labute approximate surface area is 134 Å². The Morgan fingerprint density at radius 1 is 0.783 bits per heavy atom. The molecule has 1 aliphatic heterocycles. The largest absolute Gasteiger partial charge is 0.545 e. The van der Waals surface area contributed by atoms with Gasteiger partial charge in [0.2, 0.25) is 0 Å². The number of hydrogen-bond donors (Lipinski definition) is 0. The van der Waals surface area contributed by atoms with Crippen LogP contribution >= 0.6 is 0 Å². The van der Waals surface area contributed by atoms with Crippen LogP contribution in [-0.2, 0) is 0 Å². The van der Waals surface area contributed by atoms with E-state index in [1.54, 1.807) is 24.3 Å². The minimum atomic E-state index is -1.17. The summed E-state index contributed by atoms with van der Waals surface area (Å²) in [6, 6.07) is 15.9. The van der Waals surface area contributed by atoms with Gasteiger partial charge in [0, 0.05) is 37.4 Å². The van der Waals surface area contributed by atoms with E-state index in [4.69, 9.17) is 0 Å². The third kappa shape index (κ3) is 3.34. The molecule has 2 aromatic rings. The molecule has 0 atom stereocenters. The molecule has 1 aliphatic rings. The summed E-state index contributed by atoms with van der Waals surface area (Å²) in [6.07, 6.45) is 0. The summed E-state index contributed by atoms with van der Waals surface area (Å²) in [5.41, 5.74) is 1.84. The van der Waals surface area contributed by atoms with Crippen LogP contribution in [0.3, 0.4) is 0 Å². The number of piperazine rings is 1. The van der Waals surface area contributed by atoms with Crippen molar-refractivity contribution in [1.82, 2.24) is 4.90 Å². The van der Waals surface area contributed by atoms with Crippen LogP contribution in [0.1, 0.15) is 20.7 Å². The van der Waals surface area contributed by atoms with Crippen LogP contribution in [-0.4, -0.2) is 43.0 Å². The van der Waals surface area contributed by atoms with Crippen LogP contribution < -0.4 is 10.0 Å². The van der Waals surface area contributed by atoms with Gasteiger partial charge in [0.15, 0.2) is 0 Å². The van der Waals surface area contributed by atoms with Gasteiger partial charge in [-0.3, -0.25) is 4.79 Å². The first kappa shape index (κ1) is 15.1. The van der Waals surface area contributed by atoms with Crippen LogP contribution in [0.15, 0.2) is 54.6 Å². The first-order valence-electron chi connectivity index (χ1n) is 7.56. The van der Waals surface area contributed by atoms with E-state index in [1.807, 2.05) is 35.2 Å². The molecule has 5 nitrogen and oxygen atoms in total. The van der Waals surface area contributed by atoms with Crippen molar-refractivity contribution in [2.45, 2.75) is 0 Å². The molecule has 0 aliphatic carbocycles. The second kappa shape index (κ2) is 6.52. The number of aromatic carboxylic acids is 1. The number of carboxylic acid groups (broad SMARTS) is 1. The first-order valence-corrected chi connectivity index (χ1v) is 7.56. The van der Waals surface area contributed by atoms with E-state index in [-0.39, 0.29) is 11.5 Å². The van der Waals surface area contributed by atoms with E-state index in [1.165, 1.54) is 0 Å². The summed E-state index contributed by atoms with van der Waals surface area (Å²) in [5.74, 6) is -1.12. The van der Waals surface area contributed by atoms with Crippen molar-refractivity contribution in [3.63, 3.8) is 0 Å². The first-order chi connectivity index (χ1) is 11.1. The lowest BCUT2D eigenvalue weighted by atomic mass is 10.1. The summed E-state index contributed by atoms with van der Waals surface area (Å²) < 4.78 is 0. The number of carboxylic acids is 1. The maximum Gasteiger partial charge on any atom is 0.253 e. The van der Waals surface area contributed by atoms with Gasteiger partial charge in [0.1, 0.15) is 0 Å². The predicted molar refractivity (Wildman–Crippen MR) is 85.3 cm³/mol. The molecule has 1 heterocycles. The van der Waals surface area contributed by atoms with Crippen molar-refractivity contribution in [2.75, 3.05) is 31.1 Å². The molecule has 0 unspecified atom stereocenters. The van der Waals surface area contributed by atoms with E-state index in [0.717, 1.165) is 18.8 Å². The molecule has 0 aromatic heterocycles. The van der Waals surface area contributed by atoms with Crippen molar-refractivity contribution >= 4 is 17.6 Å². The second-order valence-electron chi connectivity index (χ2n) is 5.48. The smallest absolute Gasteiger partial charge is 0.253 e. The SMILES string of the molecule is O=C([O-])c1ccc(N2CCN(C(=O)c3ccccc3)CC2)cc1. The minimum Gasteiger partial charge on any atom is -0.545 e. The van der Waals surface area contributed by atoms with Gasteiger partial charge in [-0.2, -0.15) is 0 Å². The number of hydrogen-bond acceptors (Lipinski definition) is 4. The molecule has 5 heteroatoms. The van der Waals surface area contributed by atoms with Gasteiger partial charge in [0.25, 0.3) is 5.91 Å². The Kier molecular flexibility index (Phi) is 4.28. The van der Waals surface area contributed by atoms with E-state index >= 15 is 0 Å². The molecule has 3 rings (SSSR count). The normalized spacial score (nSPS) is 14.6. The highest BCUT2D eigenvalue weighted by Crippen LogP contribution is 2.18. The zero-order valence-corrected chi connectivity index (χ0v) is 12.6. The molecule has 23 heavy (non-hydrogen) atoms. The summed E-state index contributed by atoms with van der Waals surface area (Å²) in [5, 5.41) is 10.8. The molecule has 0 bridgehead atoms. The van der Waals surface area contributed by atoms with Crippen LogP contribution in [0, 0.1) is 0 Å². The Bertz CT molecular complexity index is 690. The van der Waals surface area contributed by atoms with Crippen LogP contribution in [0.2, 0.25) is 0 Å². The Morgan fingerprint density at radius 2 is 1.39 bits per heavy atom. The average molecular weight is 309 g/mol. The van der Waals surface area contributed by atoms with E-state index in [9.17, 15) is 14.7 Å². The van der Waals surface area contributed by atoms with Crippen molar-refractivity contribution in [3.05, 3.63) is 65.7 Å². The third-order valence-electron chi connectivity index (χ3n) is 4.06. The Morgan fingerprint density at radius 3 is 1.96 bits per heavy atom. The number of amides is 1. The average Bonchev–Trinajstić information content (AvgIpc) is 2.62. The third-order valence-corrected chi connectivity index (χ3v) is 4.06. The lowest BCUT2D eigenvalue weighted by Crippen LogP contribution is -2.48. The molecule has 0 saturated carbocycles. The molecule has 0 N–H and O–H groups in total. The van der Waals surface area contributed by atoms with Gasteiger partial charge in [-0.05, 0) is 29.8 Å². The van der Waals surface area contributed by atoms with Gasteiger partial charge >= 0.3 is 0 Å². The Hall–Kier alpha value is -2.82. The molecule has 1 fully saturated rings. The van der Waals surface area contributed by atoms with Gasteiger partial charge in [0.05, 0.1) is 5.97 Å². The number of rotatable bonds is 3. The highest BCUT2D eigenvalue weighted by atomic mass is 16.4. The van der Waals surface area contributed by atoms with Gasteiger partial charge in [-0.15, -0.1) is 0 Å². The highest BCUT2D eigenvalue weighted by Gasteiger charge is 2.22. The fourth-order valence-electron chi connectivity index (χ4n) is 2.74. The molecule has 118 valence electrons. The molecule has 0 radical (unpaired) electrons. The quantitative estimate of drug-likeness (QED) is 0.849. The minimum absolute atomic E-state index is 0.0533. The maximum atomic E-state index is 12.4. The van der Waals surface area contributed by atoms with E-state index < -0.39 is 5.97 Å². The summed E-state index contributed by atoms with van der Waals surface area (Å²) in [6.45, 7) is 2.75. The molecule has 0 spiro atoms. The zero-order valence-electron chi connectivity index (χ0n) is 12.6. The van der Waals surface area contributed by atoms with Crippen LogP contribution in [0.25, 0.3) is 0 Å². The van der Waals surface area contributed by atoms with Crippen molar-refractivity contribution < 1.29 is 14.7 Å². The fraction of sp³-hybridized carbons (Fsp3) is 0.222. The number of carbonyl (C=O) groups excluding carboxylic acids is 2. The van der Waals surface area contributed by atoms with Gasteiger partial charge < -0.3 is 19.7 Å². The van der Waals surface area contributed by atoms with Crippen LogP contribution in [0.4, 0.5) is 5.69 Å². The summed E-state index contributed by atoms with van der Waals surface area (Å²) >= 11 is 0. The molecule has 1 amide bonds. The lowest BCUT2D eigenvalue weighted by Gasteiger charge is -2.36. The zero-order chi connectivity index (χ0) is 16.2. The predicted octanol–water partition coefficient (Wildman–Crippen LogP) is 1.01. The number of carbonyl (C=O) groups is 2. The van der Waals surface area contributed by atoms with E-state index in [2.05, 4.69) is 4.90 Å². The standard InChI is InChI=1S/C18H18N2O3/c21-17(14-4-2-1-3-5-14)20-12-10-19(11-13-20)16-8-6-15(7-9-16)18(22)23/h1-9H,10-13H2,(H,22,23)/p-1. The van der Waals surface area contributed by atoms with Gasteiger partial charge in [-0.25, -0.2) is 0 Å². The number of nitrogens with zero attached hydrogens (tertiary/aromatic N) is 2. The monoisotopic (exact) mass is 309 g/mol. The number of benzene rings is 2. The fourth-order valence-corrected chi connectivity index (χ4v) is 2.74. The molecule has 2 aromatic carbocycles. The van der Waals surface area contributed by atoms with Crippen molar-refractivity contribution in [2.24, 2.45) is 0 Å². The summed E-state index contributed by atoms with van der Waals surface area (Å²) in [4.78, 5) is 27.2. The highest BCUT2D eigenvalue weighted by molar-refractivity contribution is 5.94. The summed E-state index contributed by atoms with van der Waals surface area (Å²) in [7, 11) is 0. The van der Waals surface area contributed by atoms with Crippen LogP contribution in [0.5, 0.6) is 0 Å². The Balaban J connectivity index is 1.62. The van der Waals surface area contributed by atoms with Gasteiger partial charge in [-0.1, -0.05) is 30.3 Å². The molecular weight excluding hydrogens is 292 g/mol. The molecular formula is C18H17N2O3-. The second-order valence-corrected chi connectivity index (χ2v) is 5.48. The van der Waals surface area contributed by atoms with Crippen molar-refractivity contribution in [3.8, 4) is 0 Å². The van der Waals surface area contributed by atoms with Crippen molar-refractivity contribution in [1.29, 1.82) is 0 Å². The van der Waals surface area contributed by atoms with E-state index in [0.29, 0.717) is 18.7 Å². The lowest BCUT2D eigenvalue weighted by molar-refractivity contribution is -0.255.